The minimum Gasteiger partial charge on any atom is -0.491 e. The fourth-order valence-corrected chi connectivity index (χ4v) is 4.45. The zero-order chi connectivity index (χ0) is 21.7. The van der Waals surface area contributed by atoms with Gasteiger partial charge in [-0.25, -0.2) is 15.0 Å². The number of aromatic amines is 1. The molecule has 2 aromatic carbocycles. The van der Waals surface area contributed by atoms with Crippen LogP contribution in [0.2, 0.25) is 0 Å². The van der Waals surface area contributed by atoms with Crippen LogP contribution in [-0.2, 0) is 6.54 Å². The van der Waals surface area contributed by atoms with Crippen molar-refractivity contribution in [1.82, 2.24) is 24.9 Å². The fraction of sp³-hybridized carbons (Fsp3) is 0.200. The van der Waals surface area contributed by atoms with Crippen molar-refractivity contribution < 1.29 is 4.74 Å². The molecule has 5 aromatic rings. The average Bonchev–Trinajstić information content (AvgIpc) is 3.06. The SMILES string of the molecule is Cc1nc2c(C)cc(-c3ccc4c(c3)CN(c3ncnc5cccnc35)CCO4)cc2[nH]1. The van der Waals surface area contributed by atoms with Gasteiger partial charge in [-0.15, -0.1) is 0 Å². The van der Waals surface area contributed by atoms with E-state index in [-0.39, 0.29) is 0 Å². The topological polar surface area (TPSA) is 79.8 Å². The van der Waals surface area contributed by atoms with Crippen molar-refractivity contribution in [1.29, 1.82) is 0 Å². The molecule has 0 unspecified atom stereocenters. The molecule has 32 heavy (non-hydrogen) atoms. The highest BCUT2D eigenvalue weighted by molar-refractivity contribution is 5.86. The summed E-state index contributed by atoms with van der Waals surface area (Å²) in [4.78, 5) is 23.6. The minimum atomic E-state index is 0.586. The predicted molar refractivity (Wildman–Crippen MR) is 125 cm³/mol. The van der Waals surface area contributed by atoms with Crippen LogP contribution in [0.3, 0.4) is 0 Å². The van der Waals surface area contributed by atoms with E-state index in [1.165, 1.54) is 0 Å². The van der Waals surface area contributed by atoms with E-state index in [0.717, 1.165) is 68.3 Å². The summed E-state index contributed by atoms with van der Waals surface area (Å²) in [5.74, 6) is 2.68. The Kier molecular flexibility index (Phi) is 4.28. The largest absolute Gasteiger partial charge is 0.491 e. The molecule has 3 aromatic heterocycles. The maximum absolute atomic E-state index is 6.08. The quantitative estimate of drug-likeness (QED) is 0.448. The van der Waals surface area contributed by atoms with Gasteiger partial charge in [-0.1, -0.05) is 6.07 Å². The molecule has 0 amide bonds. The van der Waals surface area contributed by atoms with Gasteiger partial charge in [0.25, 0.3) is 0 Å². The highest BCUT2D eigenvalue weighted by Crippen LogP contribution is 2.33. The molecule has 1 aliphatic rings. The van der Waals surface area contributed by atoms with Crippen molar-refractivity contribution in [3.8, 4) is 16.9 Å². The third-order valence-corrected chi connectivity index (χ3v) is 5.94. The monoisotopic (exact) mass is 422 g/mol. The summed E-state index contributed by atoms with van der Waals surface area (Å²) in [7, 11) is 0. The summed E-state index contributed by atoms with van der Waals surface area (Å²) in [5.41, 5.74) is 8.33. The van der Waals surface area contributed by atoms with E-state index in [4.69, 9.17) is 4.74 Å². The van der Waals surface area contributed by atoms with Gasteiger partial charge in [0.05, 0.1) is 23.1 Å². The van der Waals surface area contributed by atoms with Crippen molar-refractivity contribution in [2.24, 2.45) is 0 Å². The van der Waals surface area contributed by atoms with Gasteiger partial charge in [-0.3, -0.25) is 4.98 Å². The second-order valence-electron chi connectivity index (χ2n) is 8.17. The Bertz CT molecular complexity index is 1470. The van der Waals surface area contributed by atoms with Gasteiger partial charge in [0.15, 0.2) is 5.82 Å². The van der Waals surface area contributed by atoms with Crippen LogP contribution in [0.4, 0.5) is 5.82 Å². The molecule has 7 nitrogen and oxygen atoms in total. The summed E-state index contributed by atoms with van der Waals surface area (Å²) in [5, 5.41) is 0. The van der Waals surface area contributed by atoms with Gasteiger partial charge in [0.1, 0.15) is 30.0 Å². The van der Waals surface area contributed by atoms with Crippen molar-refractivity contribution in [3.05, 3.63) is 71.9 Å². The van der Waals surface area contributed by atoms with Crippen molar-refractivity contribution in [2.45, 2.75) is 20.4 Å². The summed E-state index contributed by atoms with van der Waals surface area (Å²) >= 11 is 0. The Morgan fingerprint density at radius 3 is 2.84 bits per heavy atom. The minimum absolute atomic E-state index is 0.586. The number of ether oxygens (including phenoxy) is 1. The molecule has 0 saturated heterocycles. The van der Waals surface area contributed by atoms with Crippen LogP contribution in [0.15, 0.2) is 55.0 Å². The first-order chi connectivity index (χ1) is 15.7. The first-order valence-electron chi connectivity index (χ1n) is 10.7. The lowest BCUT2D eigenvalue weighted by molar-refractivity contribution is 0.331. The number of nitrogens with zero attached hydrogens (tertiary/aromatic N) is 5. The van der Waals surface area contributed by atoms with E-state index < -0.39 is 0 Å². The number of anilines is 1. The van der Waals surface area contributed by atoms with Gasteiger partial charge in [0, 0.05) is 18.3 Å². The summed E-state index contributed by atoms with van der Waals surface area (Å²) in [6, 6.07) is 14.6. The normalized spacial score (nSPS) is 13.8. The molecular formula is C25H22N6O. The van der Waals surface area contributed by atoms with Gasteiger partial charge >= 0.3 is 0 Å². The lowest BCUT2D eigenvalue weighted by atomic mass is 9.99. The van der Waals surface area contributed by atoms with Gasteiger partial charge in [-0.2, -0.15) is 0 Å². The van der Waals surface area contributed by atoms with Gasteiger partial charge in [0.2, 0.25) is 0 Å². The Morgan fingerprint density at radius 1 is 0.969 bits per heavy atom. The summed E-state index contributed by atoms with van der Waals surface area (Å²) in [6.07, 6.45) is 3.39. The first-order valence-corrected chi connectivity index (χ1v) is 10.7. The van der Waals surface area contributed by atoms with Gasteiger partial charge in [-0.05, 0) is 66.9 Å². The third-order valence-electron chi connectivity index (χ3n) is 5.94. The van der Waals surface area contributed by atoms with Crippen molar-refractivity contribution >= 4 is 27.9 Å². The molecular weight excluding hydrogens is 400 g/mol. The lowest BCUT2D eigenvalue weighted by Crippen LogP contribution is -2.26. The Morgan fingerprint density at radius 2 is 1.91 bits per heavy atom. The number of pyridine rings is 1. The van der Waals surface area contributed by atoms with Crippen LogP contribution in [0.1, 0.15) is 17.0 Å². The van der Waals surface area contributed by atoms with Crippen molar-refractivity contribution in [2.75, 3.05) is 18.1 Å². The number of aryl methyl sites for hydroxylation is 2. The van der Waals surface area contributed by atoms with E-state index in [2.05, 4.69) is 67.1 Å². The summed E-state index contributed by atoms with van der Waals surface area (Å²) < 4.78 is 6.08. The average molecular weight is 422 g/mol. The number of benzene rings is 2. The lowest BCUT2D eigenvalue weighted by Gasteiger charge is -2.21. The Hall–Kier alpha value is -4.00. The van der Waals surface area contributed by atoms with Crippen LogP contribution in [0, 0.1) is 13.8 Å². The predicted octanol–water partition coefficient (Wildman–Crippen LogP) is 4.58. The second kappa shape index (κ2) is 7.30. The van der Waals surface area contributed by atoms with Crippen LogP contribution >= 0.6 is 0 Å². The molecule has 0 aliphatic carbocycles. The number of rotatable bonds is 2. The second-order valence-corrected chi connectivity index (χ2v) is 8.17. The van der Waals surface area contributed by atoms with Crippen LogP contribution in [0.25, 0.3) is 33.2 Å². The zero-order valence-electron chi connectivity index (χ0n) is 18.0. The third kappa shape index (κ3) is 3.13. The number of fused-ring (bicyclic) bond motifs is 3. The molecule has 1 N–H and O–H groups in total. The number of H-pyrrole nitrogens is 1. The van der Waals surface area contributed by atoms with Gasteiger partial charge < -0.3 is 14.6 Å². The van der Waals surface area contributed by atoms with Crippen molar-refractivity contribution in [3.63, 3.8) is 0 Å². The Labute approximate surface area is 185 Å². The molecule has 4 heterocycles. The zero-order valence-corrected chi connectivity index (χ0v) is 18.0. The molecule has 158 valence electrons. The van der Waals surface area contributed by atoms with E-state index in [9.17, 15) is 0 Å². The van der Waals surface area contributed by atoms with E-state index in [1.54, 1.807) is 12.5 Å². The maximum Gasteiger partial charge on any atom is 0.159 e. The molecule has 7 heteroatoms. The number of nitrogens with one attached hydrogen (secondary N) is 1. The van der Waals surface area contributed by atoms with E-state index >= 15 is 0 Å². The number of imidazole rings is 1. The van der Waals surface area contributed by atoms with E-state index in [1.807, 2.05) is 19.1 Å². The smallest absolute Gasteiger partial charge is 0.159 e. The Balaban J connectivity index is 1.41. The van der Waals surface area contributed by atoms with Crippen LogP contribution < -0.4 is 9.64 Å². The van der Waals surface area contributed by atoms with E-state index in [0.29, 0.717) is 13.2 Å². The van der Waals surface area contributed by atoms with Crippen LogP contribution in [-0.4, -0.2) is 38.1 Å². The number of hydrogen-bond donors (Lipinski definition) is 1. The number of hydrogen-bond acceptors (Lipinski definition) is 6. The highest BCUT2D eigenvalue weighted by atomic mass is 16.5. The van der Waals surface area contributed by atoms with Crippen LogP contribution in [0.5, 0.6) is 5.75 Å². The summed E-state index contributed by atoms with van der Waals surface area (Å²) in [6.45, 7) is 6.09. The standard InChI is InChI=1S/C25H22N6O/c1-15-10-18(12-21-23(15)30-16(2)29-21)17-5-6-22-19(11-17)13-31(8-9-32-22)25-24-20(27-14-28-25)4-3-7-26-24/h3-7,10-12,14H,8-9,13H2,1-2H3,(H,29,30). The molecule has 0 saturated carbocycles. The number of aromatic nitrogens is 5. The fourth-order valence-electron chi connectivity index (χ4n) is 4.45. The highest BCUT2D eigenvalue weighted by Gasteiger charge is 2.20. The molecule has 0 radical (unpaired) electrons. The molecule has 0 fully saturated rings. The maximum atomic E-state index is 6.08. The first kappa shape index (κ1) is 18.7. The molecule has 6 rings (SSSR count). The molecule has 0 bridgehead atoms. The molecule has 0 spiro atoms. The molecule has 1 aliphatic heterocycles. The molecule has 0 atom stereocenters.